The van der Waals surface area contributed by atoms with E-state index in [0.29, 0.717) is 11.1 Å². The Morgan fingerprint density at radius 3 is 2.94 bits per heavy atom. The lowest BCUT2D eigenvalue weighted by Gasteiger charge is -2.06. The normalized spacial score (nSPS) is 16.2. The number of fused-ring (bicyclic) bond motifs is 3. The molecule has 1 aliphatic heterocycles. The van der Waals surface area contributed by atoms with Gasteiger partial charge in [0, 0.05) is 24.7 Å². The smallest absolute Gasteiger partial charge is 0.319 e. The molecule has 0 atom stereocenters. The molecule has 0 bridgehead atoms. The van der Waals surface area contributed by atoms with Gasteiger partial charge in [0.2, 0.25) is 0 Å². The zero-order valence-corrected chi connectivity index (χ0v) is 10.1. The van der Waals surface area contributed by atoms with Crippen LogP contribution in [0.15, 0.2) is 16.5 Å². The van der Waals surface area contributed by atoms with Gasteiger partial charge in [-0.2, -0.15) is 8.78 Å². The minimum absolute atomic E-state index is 0.499. The third-order valence-corrected chi connectivity index (χ3v) is 3.20. The average molecular weight is 252 g/mol. The molecule has 0 unspecified atom stereocenters. The van der Waals surface area contributed by atoms with E-state index in [0.717, 1.165) is 44.0 Å². The van der Waals surface area contributed by atoms with Crippen molar-refractivity contribution < 1.29 is 13.2 Å². The van der Waals surface area contributed by atoms with Crippen molar-refractivity contribution in [3.8, 4) is 0 Å². The Bertz CT molecular complexity index is 586. The number of aryl methyl sites for hydroxylation is 1. The van der Waals surface area contributed by atoms with E-state index in [9.17, 15) is 8.78 Å². The van der Waals surface area contributed by atoms with E-state index in [1.807, 2.05) is 6.07 Å². The number of rotatable bonds is 1. The summed E-state index contributed by atoms with van der Waals surface area (Å²) in [4.78, 5) is 3.88. The molecule has 0 fully saturated rings. The van der Waals surface area contributed by atoms with E-state index < -0.39 is 11.8 Å². The van der Waals surface area contributed by atoms with Gasteiger partial charge in [-0.1, -0.05) is 0 Å². The molecule has 18 heavy (non-hydrogen) atoms. The number of nitrogens with one attached hydrogen (secondary N) is 1. The summed E-state index contributed by atoms with van der Waals surface area (Å²) < 4.78 is 31.8. The second kappa shape index (κ2) is 3.93. The van der Waals surface area contributed by atoms with Crippen LogP contribution in [0, 0.1) is 0 Å². The SMILES string of the molecule is CC(F)(F)c1nc2ccc3c(c2o1)CCCCN3. The molecule has 0 saturated heterocycles. The van der Waals surface area contributed by atoms with E-state index in [2.05, 4.69) is 10.3 Å². The fraction of sp³-hybridized carbons (Fsp3) is 0.462. The van der Waals surface area contributed by atoms with Gasteiger partial charge in [0.15, 0.2) is 5.58 Å². The van der Waals surface area contributed by atoms with Gasteiger partial charge in [0.05, 0.1) is 0 Å². The summed E-state index contributed by atoms with van der Waals surface area (Å²) in [5.41, 5.74) is 2.95. The first-order valence-electron chi connectivity index (χ1n) is 6.10. The monoisotopic (exact) mass is 252 g/mol. The Hall–Kier alpha value is -1.65. The number of hydrogen-bond donors (Lipinski definition) is 1. The van der Waals surface area contributed by atoms with E-state index >= 15 is 0 Å². The minimum atomic E-state index is -3.04. The van der Waals surface area contributed by atoms with Gasteiger partial charge in [0.25, 0.3) is 5.89 Å². The van der Waals surface area contributed by atoms with Crippen molar-refractivity contribution in [2.45, 2.75) is 32.1 Å². The molecule has 0 spiro atoms. The van der Waals surface area contributed by atoms with Crippen molar-refractivity contribution >= 4 is 16.8 Å². The fourth-order valence-electron chi connectivity index (χ4n) is 2.30. The maximum Gasteiger partial charge on any atom is 0.319 e. The summed E-state index contributed by atoms with van der Waals surface area (Å²) in [7, 11) is 0. The number of anilines is 1. The largest absolute Gasteiger partial charge is 0.435 e. The summed E-state index contributed by atoms with van der Waals surface area (Å²) in [6.07, 6.45) is 2.93. The van der Waals surface area contributed by atoms with Crippen molar-refractivity contribution in [1.82, 2.24) is 4.98 Å². The highest BCUT2D eigenvalue weighted by Gasteiger charge is 2.32. The lowest BCUT2D eigenvalue weighted by atomic mass is 10.1. The number of hydrogen-bond acceptors (Lipinski definition) is 3. The Kier molecular flexibility index (Phi) is 2.50. The zero-order valence-electron chi connectivity index (χ0n) is 10.1. The molecule has 96 valence electrons. The van der Waals surface area contributed by atoms with Crippen LogP contribution in [0.25, 0.3) is 11.1 Å². The highest BCUT2D eigenvalue weighted by molar-refractivity contribution is 5.83. The van der Waals surface area contributed by atoms with Gasteiger partial charge in [-0.15, -0.1) is 0 Å². The van der Waals surface area contributed by atoms with Gasteiger partial charge < -0.3 is 9.73 Å². The van der Waals surface area contributed by atoms with Crippen LogP contribution in [0.2, 0.25) is 0 Å². The quantitative estimate of drug-likeness (QED) is 0.841. The maximum absolute atomic E-state index is 13.2. The first-order chi connectivity index (χ1) is 8.55. The number of alkyl halides is 2. The van der Waals surface area contributed by atoms with Crippen LogP contribution in [-0.2, 0) is 12.3 Å². The number of nitrogens with zero attached hydrogens (tertiary/aromatic N) is 1. The molecule has 0 amide bonds. The minimum Gasteiger partial charge on any atom is -0.435 e. The molecule has 1 N–H and O–H groups in total. The molecule has 5 heteroatoms. The van der Waals surface area contributed by atoms with Crippen molar-refractivity contribution in [2.75, 3.05) is 11.9 Å². The number of oxazole rings is 1. The summed E-state index contributed by atoms with van der Waals surface area (Å²) in [5, 5.41) is 3.29. The van der Waals surface area contributed by atoms with E-state index in [1.54, 1.807) is 6.07 Å². The third kappa shape index (κ3) is 1.83. The van der Waals surface area contributed by atoms with Crippen LogP contribution >= 0.6 is 0 Å². The molecule has 2 aromatic rings. The molecule has 1 aliphatic rings. The predicted molar refractivity (Wildman–Crippen MR) is 65.0 cm³/mol. The Labute approximate surface area is 103 Å². The average Bonchev–Trinajstić information content (AvgIpc) is 2.61. The summed E-state index contributed by atoms with van der Waals surface area (Å²) in [5.74, 6) is -3.54. The first-order valence-corrected chi connectivity index (χ1v) is 6.10. The van der Waals surface area contributed by atoms with Gasteiger partial charge in [-0.05, 0) is 31.4 Å². The van der Waals surface area contributed by atoms with Crippen molar-refractivity contribution in [3.05, 3.63) is 23.6 Å². The Balaban J connectivity index is 2.19. The first kappa shape index (κ1) is 11.4. The highest BCUT2D eigenvalue weighted by Crippen LogP contribution is 2.34. The van der Waals surface area contributed by atoms with E-state index in [-0.39, 0.29) is 0 Å². The fourth-order valence-corrected chi connectivity index (χ4v) is 2.30. The molecule has 1 aromatic heterocycles. The third-order valence-electron chi connectivity index (χ3n) is 3.20. The second-order valence-electron chi connectivity index (χ2n) is 4.73. The molecule has 2 heterocycles. The summed E-state index contributed by atoms with van der Waals surface area (Å²) in [6.45, 7) is 1.71. The highest BCUT2D eigenvalue weighted by atomic mass is 19.3. The topological polar surface area (TPSA) is 38.1 Å². The van der Waals surface area contributed by atoms with Crippen LogP contribution in [-0.4, -0.2) is 11.5 Å². The van der Waals surface area contributed by atoms with Gasteiger partial charge in [-0.3, -0.25) is 0 Å². The maximum atomic E-state index is 13.2. The van der Waals surface area contributed by atoms with Crippen LogP contribution < -0.4 is 5.32 Å². The van der Waals surface area contributed by atoms with E-state index in [4.69, 9.17) is 4.42 Å². The predicted octanol–water partition coefficient (Wildman–Crippen LogP) is 3.69. The summed E-state index contributed by atoms with van der Waals surface area (Å²) >= 11 is 0. The van der Waals surface area contributed by atoms with Crippen LogP contribution in [0.5, 0.6) is 0 Å². The molecule has 3 nitrogen and oxygen atoms in total. The van der Waals surface area contributed by atoms with Crippen molar-refractivity contribution in [3.63, 3.8) is 0 Å². The zero-order chi connectivity index (χ0) is 12.8. The molecule has 3 rings (SSSR count). The van der Waals surface area contributed by atoms with Crippen LogP contribution in [0.3, 0.4) is 0 Å². The molecular weight excluding hydrogens is 238 g/mol. The summed E-state index contributed by atoms with van der Waals surface area (Å²) in [6, 6.07) is 3.62. The standard InChI is InChI=1S/C13H14F2N2O/c1-13(14,15)12-17-10-6-5-9-8(11(10)18-12)4-2-3-7-16-9/h5-6,16H,2-4,7H2,1H3. The Morgan fingerprint density at radius 2 is 2.17 bits per heavy atom. The second-order valence-corrected chi connectivity index (χ2v) is 4.73. The number of aromatic nitrogens is 1. The molecule has 0 saturated carbocycles. The van der Waals surface area contributed by atoms with Crippen LogP contribution in [0.1, 0.15) is 31.2 Å². The number of benzene rings is 1. The molecule has 1 aromatic carbocycles. The van der Waals surface area contributed by atoms with Gasteiger partial charge in [0.1, 0.15) is 5.52 Å². The number of halogens is 2. The molecule has 0 aliphatic carbocycles. The Morgan fingerprint density at radius 1 is 1.33 bits per heavy atom. The lowest BCUT2D eigenvalue weighted by Crippen LogP contribution is -2.06. The lowest BCUT2D eigenvalue weighted by molar-refractivity contribution is -0.00940. The van der Waals surface area contributed by atoms with E-state index in [1.165, 1.54) is 0 Å². The van der Waals surface area contributed by atoms with Gasteiger partial charge in [-0.25, -0.2) is 4.98 Å². The van der Waals surface area contributed by atoms with Crippen molar-refractivity contribution in [2.24, 2.45) is 0 Å². The van der Waals surface area contributed by atoms with Gasteiger partial charge >= 0.3 is 5.92 Å². The van der Waals surface area contributed by atoms with Crippen molar-refractivity contribution in [1.29, 1.82) is 0 Å². The molecular formula is C13H14F2N2O. The molecule has 0 radical (unpaired) electrons. The van der Waals surface area contributed by atoms with Crippen LogP contribution in [0.4, 0.5) is 14.5 Å².